The number of hydrogen-bond acceptors (Lipinski definition) is 9. The average Bonchev–Trinajstić information content (AvgIpc) is 3.26. The number of primary amides is 1. The van der Waals surface area contributed by atoms with Crippen molar-refractivity contribution in [2.75, 3.05) is 32.7 Å². The fourth-order valence-electron chi connectivity index (χ4n) is 3.77. The maximum Gasteiger partial charge on any atom is 0.239 e. The number of amides is 1. The second-order valence-electron chi connectivity index (χ2n) is 7.81. The predicted octanol–water partition coefficient (Wildman–Crippen LogP) is 3.67. The topological polar surface area (TPSA) is 118 Å². The summed E-state index contributed by atoms with van der Waals surface area (Å²) >= 11 is 3.32. The van der Waals surface area contributed by atoms with Crippen molar-refractivity contribution in [3.63, 3.8) is 0 Å². The lowest BCUT2D eigenvalue weighted by atomic mass is 9.98. The molecule has 3 aromatic rings. The van der Waals surface area contributed by atoms with Crippen LogP contribution >= 0.6 is 23.1 Å². The van der Waals surface area contributed by atoms with Gasteiger partial charge in [-0.1, -0.05) is 11.8 Å². The van der Waals surface area contributed by atoms with Crippen LogP contribution in [0, 0.1) is 0 Å². The molecule has 0 bridgehead atoms. The molecule has 8 nitrogen and oxygen atoms in total. The van der Waals surface area contributed by atoms with E-state index in [9.17, 15) is 13.2 Å². The van der Waals surface area contributed by atoms with Crippen molar-refractivity contribution in [2.45, 2.75) is 33.2 Å². The largest absolute Gasteiger partial charge is 0.497 e. The monoisotopic (exact) mass is 522 g/mol. The number of carbonyl (C=O) groups excluding carboxylic acids is 1. The van der Waals surface area contributed by atoms with E-state index in [1.165, 1.54) is 12.1 Å². The van der Waals surface area contributed by atoms with Crippen LogP contribution in [0.4, 0.5) is 0 Å². The van der Waals surface area contributed by atoms with Gasteiger partial charge in [0.2, 0.25) is 5.91 Å². The van der Waals surface area contributed by atoms with Crippen LogP contribution in [0.15, 0.2) is 51.7 Å². The number of sulfone groups is 1. The van der Waals surface area contributed by atoms with Gasteiger partial charge in [-0.2, -0.15) is 0 Å². The molecule has 1 fully saturated rings. The molecule has 2 N–H and O–H groups in total. The van der Waals surface area contributed by atoms with E-state index in [4.69, 9.17) is 19.9 Å². The molecule has 0 atom stereocenters. The van der Waals surface area contributed by atoms with Gasteiger partial charge in [-0.25, -0.2) is 13.4 Å². The zero-order valence-electron chi connectivity index (χ0n) is 18.7. The minimum absolute atomic E-state index is 0.0583. The smallest absolute Gasteiger partial charge is 0.239 e. The first-order valence-corrected chi connectivity index (χ1v) is 14.1. The summed E-state index contributed by atoms with van der Waals surface area (Å²) < 4.78 is 43.1. The van der Waals surface area contributed by atoms with Gasteiger partial charge < -0.3 is 19.9 Å². The third-order valence-corrected chi connectivity index (χ3v) is 10.6. The van der Waals surface area contributed by atoms with E-state index in [0.717, 1.165) is 32.5 Å². The number of nitrogens with zero attached hydrogens (tertiary/aromatic N) is 1. The molecule has 0 saturated carbocycles. The number of benzene rings is 2. The SMILES string of the molecule is COc1ccc2sc(SCCCOc3ccc(S(=O)(=O)C4(C(N)=O)CCOCC4)cc3)nc2c1. The van der Waals surface area contributed by atoms with E-state index < -0.39 is 20.5 Å². The Morgan fingerprint density at radius 3 is 2.56 bits per heavy atom. The molecule has 0 spiro atoms. The zero-order chi connectivity index (χ0) is 24.2. The molecule has 2 heterocycles. The molecule has 0 aliphatic carbocycles. The predicted molar refractivity (Wildman–Crippen MR) is 133 cm³/mol. The van der Waals surface area contributed by atoms with Gasteiger partial charge in [-0.05, 0) is 55.7 Å². The van der Waals surface area contributed by atoms with Crippen LogP contribution in [0.1, 0.15) is 19.3 Å². The van der Waals surface area contributed by atoms with Crippen molar-refractivity contribution in [1.82, 2.24) is 4.98 Å². The molecule has 1 amide bonds. The molecule has 1 saturated heterocycles. The number of rotatable bonds is 10. The lowest BCUT2D eigenvalue weighted by Gasteiger charge is -2.33. The summed E-state index contributed by atoms with van der Waals surface area (Å²) in [6.45, 7) is 0.861. The number of carbonyl (C=O) groups is 1. The van der Waals surface area contributed by atoms with Crippen molar-refractivity contribution in [2.24, 2.45) is 5.73 Å². The van der Waals surface area contributed by atoms with Gasteiger partial charge in [0.15, 0.2) is 18.9 Å². The van der Waals surface area contributed by atoms with Crippen molar-refractivity contribution in [1.29, 1.82) is 0 Å². The summed E-state index contributed by atoms with van der Waals surface area (Å²) in [6, 6.07) is 12.0. The second-order valence-corrected chi connectivity index (χ2v) is 12.4. The lowest BCUT2D eigenvalue weighted by Crippen LogP contribution is -2.53. The van der Waals surface area contributed by atoms with E-state index >= 15 is 0 Å². The molecular formula is C23H26N2O6S3. The van der Waals surface area contributed by atoms with Crippen LogP contribution in [0.5, 0.6) is 11.5 Å². The van der Waals surface area contributed by atoms with E-state index in [2.05, 4.69) is 4.98 Å². The minimum Gasteiger partial charge on any atom is -0.497 e. The van der Waals surface area contributed by atoms with Crippen molar-refractivity contribution < 1.29 is 27.4 Å². The number of ether oxygens (including phenoxy) is 3. The Bertz CT molecular complexity index is 1250. The van der Waals surface area contributed by atoms with Gasteiger partial charge >= 0.3 is 0 Å². The molecule has 0 unspecified atom stereocenters. The van der Waals surface area contributed by atoms with Crippen LogP contribution in [0.3, 0.4) is 0 Å². The van der Waals surface area contributed by atoms with Gasteiger partial charge in [-0.15, -0.1) is 11.3 Å². The number of thiazole rings is 1. The molecule has 11 heteroatoms. The molecule has 4 rings (SSSR count). The highest BCUT2D eigenvalue weighted by Gasteiger charge is 2.51. The van der Waals surface area contributed by atoms with Crippen molar-refractivity contribution in [3.05, 3.63) is 42.5 Å². The molecule has 1 aromatic heterocycles. The minimum atomic E-state index is -3.94. The zero-order valence-corrected chi connectivity index (χ0v) is 21.1. The summed E-state index contributed by atoms with van der Waals surface area (Å²) in [5.74, 6) is 1.36. The molecule has 0 radical (unpaired) electrons. The Hall–Kier alpha value is -2.34. The van der Waals surface area contributed by atoms with E-state index in [0.29, 0.717) is 12.4 Å². The fraction of sp³-hybridized carbons (Fsp3) is 0.391. The maximum absolute atomic E-state index is 13.2. The molecule has 1 aliphatic rings. The number of nitrogens with two attached hydrogens (primary N) is 1. The van der Waals surface area contributed by atoms with E-state index in [-0.39, 0.29) is 31.0 Å². The van der Waals surface area contributed by atoms with Crippen LogP contribution < -0.4 is 15.2 Å². The molecule has 182 valence electrons. The van der Waals surface area contributed by atoms with Gasteiger partial charge in [-0.3, -0.25) is 4.79 Å². The summed E-state index contributed by atoms with van der Waals surface area (Å²) in [5, 5.41) is 0. The summed E-state index contributed by atoms with van der Waals surface area (Å²) in [4.78, 5) is 16.8. The number of hydrogen-bond donors (Lipinski definition) is 1. The van der Waals surface area contributed by atoms with E-state index in [1.807, 2.05) is 18.2 Å². The maximum atomic E-state index is 13.2. The first-order chi connectivity index (χ1) is 16.4. The van der Waals surface area contributed by atoms with Gasteiger partial charge in [0.1, 0.15) is 11.5 Å². The molecule has 34 heavy (non-hydrogen) atoms. The quantitative estimate of drug-likeness (QED) is 0.317. The first kappa shape index (κ1) is 24.8. The van der Waals surface area contributed by atoms with Gasteiger partial charge in [0, 0.05) is 25.0 Å². The highest BCUT2D eigenvalue weighted by atomic mass is 32.2. The lowest BCUT2D eigenvalue weighted by molar-refractivity contribution is -0.122. The Kier molecular flexibility index (Phi) is 7.66. The number of thioether (sulfide) groups is 1. The van der Waals surface area contributed by atoms with Gasteiger partial charge in [0.05, 0.1) is 28.8 Å². The Labute approximate surface area is 206 Å². The molecular weight excluding hydrogens is 496 g/mol. The third kappa shape index (κ3) is 5.02. The molecule has 1 aliphatic heterocycles. The van der Waals surface area contributed by atoms with Crippen molar-refractivity contribution in [3.8, 4) is 11.5 Å². The summed E-state index contributed by atoms with van der Waals surface area (Å²) in [7, 11) is -2.30. The summed E-state index contributed by atoms with van der Waals surface area (Å²) in [6.07, 6.45) is 0.917. The Morgan fingerprint density at radius 2 is 1.88 bits per heavy atom. The highest BCUT2D eigenvalue weighted by molar-refractivity contribution is 8.01. The van der Waals surface area contributed by atoms with Crippen molar-refractivity contribution >= 4 is 49.1 Å². The van der Waals surface area contributed by atoms with Crippen LogP contribution in [-0.2, 0) is 19.4 Å². The van der Waals surface area contributed by atoms with Crippen LogP contribution in [-0.4, -0.2) is 56.7 Å². The standard InChI is InChI=1S/C23H26N2O6S3/c1-29-17-5-8-20-19(15-17)25-22(33-20)32-14-2-11-31-16-3-6-18(7-4-16)34(27,28)23(21(24)26)9-12-30-13-10-23/h3-8,15H,2,9-14H2,1H3,(H2,24,26). The highest BCUT2D eigenvalue weighted by Crippen LogP contribution is 2.35. The Balaban J connectivity index is 1.30. The second kappa shape index (κ2) is 10.5. The molecule has 2 aromatic carbocycles. The fourth-order valence-corrected chi connectivity index (χ4v) is 7.72. The van der Waals surface area contributed by atoms with Crippen LogP contribution in [0.2, 0.25) is 0 Å². The number of aromatic nitrogens is 1. The number of methoxy groups -OCH3 is 1. The Morgan fingerprint density at radius 1 is 1.18 bits per heavy atom. The number of fused-ring (bicyclic) bond motifs is 1. The third-order valence-electron chi connectivity index (χ3n) is 5.76. The van der Waals surface area contributed by atoms with Gasteiger partial charge in [0.25, 0.3) is 0 Å². The summed E-state index contributed by atoms with van der Waals surface area (Å²) in [5.41, 5.74) is 6.44. The van der Waals surface area contributed by atoms with Crippen LogP contribution in [0.25, 0.3) is 10.2 Å². The normalized spacial score (nSPS) is 15.8. The van der Waals surface area contributed by atoms with E-state index in [1.54, 1.807) is 42.3 Å². The average molecular weight is 523 g/mol. The first-order valence-electron chi connectivity index (χ1n) is 10.8.